The Hall–Kier alpha value is -2.65. The summed E-state index contributed by atoms with van der Waals surface area (Å²) in [5.74, 6) is 0. The summed E-state index contributed by atoms with van der Waals surface area (Å²) in [4.78, 5) is 0.154. The van der Waals surface area contributed by atoms with Crippen LogP contribution in [0.15, 0.2) is 52.3 Å². The average Bonchev–Trinajstić information content (AvgIpc) is 3.00. The van der Waals surface area contributed by atoms with E-state index in [1.165, 1.54) is 13.1 Å². The van der Waals surface area contributed by atoms with Crippen molar-refractivity contribution >= 4 is 25.7 Å². The fraction of sp³-hybridized carbons (Fsp3) is 0.286. The van der Waals surface area contributed by atoms with E-state index in [1.54, 1.807) is 64.1 Å². The van der Waals surface area contributed by atoms with Gasteiger partial charge in [-0.25, -0.2) is 8.42 Å². The predicted octanol–water partition coefficient (Wildman–Crippen LogP) is 3.49. The Morgan fingerprint density at radius 1 is 0.867 bits per heavy atom. The molecule has 0 amide bonds. The minimum absolute atomic E-state index is 0.0141. The fourth-order valence-electron chi connectivity index (χ4n) is 3.51. The van der Waals surface area contributed by atoms with Gasteiger partial charge in [-0.3, -0.25) is 4.31 Å². The number of sulfonamides is 1. The molecule has 0 radical (unpaired) electrons. The van der Waals surface area contributed by atoms with Gasteiger partial charge in [0.2, 0.25) is 0 Å². The molecule has 3 rings (SSSR count). The molecule has 0 atom stereocenters. The van der Waals surface area contributed by atoms with E-state index in [1.807, 2.05) is 6.92 Å². The maximum atomic E-state index is 13.3. The van der Waals surface area contributed by atoms with Crippen molar-refractivity contribution in [2.75, 3.05) is 11.4 Å². The standard InChI is InChI=1S/C21H25N3O4S2/c1-14-7-10-19(11-8-14)29(25,26)23(6)21-15(2)9-12-20(18(21)5)30(27,28)24-17(4)13-16(3)22-24/h7-13H,1-6H3. The Balaban J connectivity index is 2.18. The molecule has 7 nitrogen and oxygen atoms in total. The zero-order valence-corrected chi connectivity index (χ0v) is 19.5. The Kier molecular flexibility index (Phi) is 5.55. The zero-order valence-electron chi connectivity index (χ0n) is 17.8. The van der Waals surface area contributed by atoms with Crippen LogP contribution in [0.4, 0.5) is 5.69 Å². The molecule has 9 heteroatoms. The second-order valence-electron chi connectivity index (χ2n) is 7.41. The topological polar surface area (TPSA) is 89.3 Å². The minimum atomic E-state index is -3.98. The van der Waals surface area contributed by atoms with Crippen LogP contribution >= 0.6 is 0 Å². The van der Waals surface area contributed by atoms with Crippen LogP contribution < -0.4 is 4.31 Å². The van der Waals surface area contributed by atoms with Crippen molar-refractivity contribution in [2.24, 2.45) is 0 Å². The highest BCUT2D eigenvalue weighted by Gasteiger charge is 2.29. The summed E-state index contributed by atoms with van der Waals surface area (Å²) in [6, 6.07) is 11.3. The van der Waals surface area contributed by atoms with Crippen LogP contribution in [-0.4, -0.2) is 33.1 Å². The molecule has 0 saturated carbocycles. The van der Waals surface area contributed by atoms with E-state index in [4.69, 9.17) is 0 Å². The Labute approximate surface area is 178 Å². The first kappa shape index (κ1) is 22.0. The number of rotatable bonds is 5. The molecule has 2 aromatic carbocycles. The van der Waals surface area contributed by atoms with Crippen LogP contribution in [0.25, 0.3) is 0 Å². The average molecular weight is 448 g/mol. The smallest absolute Gasteiger partial charge is 0.269 e. The van der Waals surface area contributed by atoms with Gasteiger partial charge in [-0.15, -0.1) is 0 Å². The van der Waals surface area contributed by atoms with Crippen LogP contribution in [0.2, 0.25) is 0 Å². The van der Waals surface area contributed by atoms with Crippen LogP contribution in [0, 0.1) is 34.6 Å². The van der Waals surface area contributed by atoms with E-state index in [9.17, 15) is 16.8 Å². The van der Waals surface area contributed by atoms with Gasteiger partial charge in [0.25, 0.3) is 20.0 Å². The predicted molar refractivity (Wildman–Crippen MR) is 117 cm³/mol. The third kappa shape index (κ3) is 3.63. The fourth-order valence-corrected chi connectivity index (χ4v) is 6.41. The first-order chi connectivity index (χ1) is 13.9. The largest absolute Gasteiger partial charge is 0.283 e. The van der Waals surface area contributed by atoms with Crippen LogP contribution in [0.5, 0.6) is 0 Å². The highest BCUT2D eigenvalue weighted by molar-refractivity contribution is 7.92. The molecular formula is C21H25N3O4S2. The Morgan fingerprint density at radius 2 is 1.47 bits per heavy atom. The van der Waals surface area contributed by atoms with Crippen molar-refractivity contribution in [3.63, 3.8) is 0 Å². The summed E-state index contributed by atoms with van der Waals surface area (Å²) in [5.41, 5.74) is 3.34. The van der Waals surface area contributed by atoms with E-state index in [2.05, 4.69) is 5.10 Å². The molecule has 0 aliphatic carbocycles. The summed E-state index contributed by atoms with van der Waals surface area (Å²) in [6.07, 6.45) is 0. The van der Waals surface area contributed by atoms with Crippen LogP contribution in [-0.2, 0) is 20.0 Å². The number of aryl methyl sites for hydroxylation is 4. The quantitative estimate of drug-likeness (QED) is 0.597. The molecule has 0 aliphatic heterocycles. The number of aromatic nitrogens is 2. The highest BCUT2D eigenvalue weighted by Crippen LogP contribution is 2.33. The SMILES string of the molecule is Cc1ccc(S(=O)(=O)N(C)c2c(C)ccc(S(=O)(=O)n3nc(C)cc3C)c2C)cc1. The van der Waals surface area contributed by atoms with E-state index in [0.29, 0.717) is 28.2 Å². The molecule has 0 spiro atoms. The monoisotopic (exact) mass is 447 g/mol. The maximum absolute atomic E-state index is 13.3. The molecule has 0 N–H and O–H groups in total. The summed E-state index contributed by atoms with van der Waals surface area (Å²) in [5, 5.41) is 4.10. The van der Waals surface area contributed by atoms with Crippen molar-refractivity contribution in [2.45, 2.75) is 44.4 Å². The summed E-state index contributed by atoms with van der Waals surface area (Å²) >= 11 is 0. The second kappa shape index (κ2) is 7.55. The molecule has 0 bridgehead atoms. The van der Waals surface area contributed by atoms with Crippen LogP contribution in [0.3, 0.4) is 0 Å². The van der Waals surface area contributed by atoms with Gasteiger partial charge in [0.1, 0.15) is 0 Å². The van der Waals surface area contributed by atoms with Gasteiger partial charge in [0.15, 0.2) is 0 Å². The first-order valence-electron chi connectivity index (χ1n) is 9.32. The second-order valence-corrected chi connectivity index (χ2v) is 11.1. The van der Waals surface area contributed by atoms with Crippen molar-refractivity contribution in [1.29, 1.82) is 0 Å². The minimum Gasteiger partial charge on any atom is -0.269 e. The number of anilines is 1. The number of nitrogens with zero attached hydrogens (tertiary/aromatic N) is 3. The third-order valence-electron chi connectivity index (χ3n) is 5.05. The van der Waals surface area contributed by atoms with Gasteiger partial charge >= 0.3 is 0 Å². The lowest BCUT2D eigenvalue weighted by molar-refractivity contribution is 0.576. The first-order valence-corrected chi connectivity index (χ1v) is 12.2. The van der Waals surface area contributed by atoms with Crippen molar-refractivity contribution in [3.05, 3.63) is 70.5 Å². The number of benzene rings is 2. The number of hydrogen-bond acceptors (Lipinski definition) is 5. The molecule has 0 fully saturated rings. The van der Waals surface area contributed by atoms with Crippen molar-refractivity contribution < 1.29 is 16.8 Å². The van der Waals surface area contributed by atoms with Gasteiger partial charge in [-0.2, -0.15) is 17.6 Å². The lowest BCUT2D eigenvalue weighted by Gasteiger charge is -2.25. The van der Waals surface area contributed by atoms with E-state index < -0.39 is 20.0 Å². The molecule has 0 aliphatic rings. The van der Waals surface area contributed by atoms with Gasteiger partial charge in [0, 0.05) is 7.05 Å². The highest BCUT2D eigenvalue weighted by atomic mass is 32.2. The third-order valence-corrected chi connectivity index (χ3v) is 8.65. The molecule has 3 aromatic rings. The molecule has 160 valence electrons. The normalized spacial score (nSPS) is 12.2. The maximum Gasteiger partial charge on any atom is 0.283 e. The molecule has 1 aromatic heterocycles. The van der Waals surface area contributed by atoms with Crippen LogP contribution in [0.1, 0.15) is 28.1 Å². The van der Waals surface area contributed by atoms with Gasteiger partial charge < -0.3 is 0 Å². The van der Waals surface area contributed by atoms with Gasteiger partial charge in [-0.05, 0) is 70.0 Å². The van der Waals surface area contributed by atoms with E-state index >= 15 is 0 Å². The summed E-state index contributed by atoms with van der Waals surface area (Å²) < 4.78 is 55.0. The molecule has 0 unspecified atom stereocenters. The Morgan fingerprint density at radius 3 is 2.00 bits per heavy atom. The Bertz CT molecular complexity index is 1320. The van der Waals surface area contributed by atoms with E-state index in [0.717, 1.165) is 14.0 Å². The molecular weight excluding hydrogens is 422 g/mol. The van der Waals surface area contributed by atoms with Gasteiger partial charge in [-0.1, -0.05) is 23.8 Å². The lowest BCUT2D eigenvalue weighted by atomic mass is 10.1. The molecule has 30 heavy (non-hydrogen) atoms. The summed E-state index contributed by atoms with van der Waals surface area (Å²) in [6.45, 7) is 8.62. The van der Waals surface area contributed by atoms with Gasteiger partial charge in [0.05, 0.1) is 26.9 Å². The molecule has 1 heterocycles. The number of hydrogen-bond donors (Lipinski definition) is 0. The van der Waals surface area contributed by atoms with Crippen molar-refractivity contribution in [3.8, 4) is 0 Å². The van der Waals surface area contributed by atoms with Crippen molar-refractivity contribution in [1.82, 2.24) is 9.19 Å². The lowest BCUT2D eigenvalue weighted by Crippen LogP contribution is -2.29. The summed E-state index contributed by atoms with van der Waals surface area (Å²) in [7, 11) is -6.42. The zero-order chi connectivity index (χ0) is 22.4. The molecule has 0 saturated heterocycles. The van der Waals surface area contributed by atoms with E-state index in [-0.39, 0.29) is 9.79 Å².